The van der Waals surface area contributed by atoms with Gasteiger partial charge in [0.2, 0.25) is 23.6 Å². The number of hydrogen-bond acceptors (Lipinski definition) is 23. The van der Waals surface area contributed by atoms with Crippen molar-refractivity contribution in [3.05, 3.63) is 118 Å². The van der Waals surface area contributed by atoms with Crippen molar-refractivity contribution >= 4 is 115 Å². The van der Waals surface area contributed by atoms with Gasteiger partial charge >= 0.3 is 0 Å². The molecule has 1 fully saturated rings. The first-order valence-corrected chi connectivity index (χ1v) is 31.4. The third-order valence-corrected chi connectivity index (χ3v) is 19.4. The number of aliphatic imine (C=N–C) groups is 1. The molecule has 10 bridgehead atoms. The lowest BCUT2D eigenvalue weighted by molar-refractivity contribution is -0.138. The van der Waals surface area contributed by atoms with E-state index in [-0.39, 0.29) is 47.8 Å². The molecule has 6 atom stereocenters. The first-order valence-electron chi connectivity index (χ1n) is 26.2. The van der Waals surface area contributed by atoms with Crippen LogP contribution in [-0.2, 0) is 23.9 Å². The van der Waals surface area contributed by atoms with E-state index in [1.807, 2.05) is 13.8 Å². The van der Waals surface area contributed by atoms with Crippen molar-refractivity contribution < 1.29 is 43.4 Å². The summed E-state index contributed by atoms with van der Waals surface area (Å²) < 4.78 is 5.89. The molecule has 7 aromatic heterocycles. The summed E-state index contributed by atoms with van der Waals surface area (Å²) >= 11 is 7.21. The standard InChI is InChI=1S/C54H51N15O9S6/c1-23(2)38-52-63-31(19-82-52)44(74)57-16-37(71)66-41(42(72)25-9-6-5-7-10-25)53-65-34(22-83-53)50-61-30(18-80-50)40-26(48-62-32(20-79-48)45(75)59-28(15-36(70)56-4)51-68-39(24(3)84-51)46(76)67-38)12-13-27(58-40)49-64-33(21-81-49)47-60-29(17-78-47)54(77)69-14-8-11-35(69)43(55)73/h5-7,9-10,12-13,18-23,28-29,35,38,41-42,72H,8,11,14-17H2,1-4H3,(H2,55,73)(H,56,70)(H,57,74)(H,59,75)(H,66,71)(H,67,76)/t28-,29-,35-,38+,41+,42+/m0/s1. The van der Waals surface area contributed by atoms with Gasteiger partial charge < -0.3 is 47.1 Å². The number of pyridine rings is 1. The summed E-state index contributed by atoms with van der Waals surface area (Å²) in [5, 5.41) is 36.7. The molecule has 24 nitrogen and oxygen atoms in total. The Hall–Kier alpha value is -8.13. The Morgan fingerprint density at radius 3 is 2.15 bits per heavy atom. The summed E-state index contributed by atoms with van der Waals surface area (Å²) in [4.78, 5) is 135. The van der Waals surface area contributed by atoms with Gasteiger partial charge in [0.25, 0.3) is 23.6 Å². The van der Waals surface area contributed by atoms with Crippen LogP contribution in [0.3, 0.4) is 0 Å². The summed E-state index contributed by atoms with van der Waals surface area (Å²) in [5.41, 5.74) is 8.74. The lowest BCUT2D eigenvalue weighted by Crippen LogP contribution is -2.47. The Morgan fingerprint density at radius 2 is 1.39 bits per heavy atom. The highest BCUT2D eigenvalue weighted by Gasteiger charge is 2.39. The van der Waals surface area contributed by atoms with Gasteiger partial charge in [-0.3, -0.25) is 33.6 Å². The number of carbonyl (C=O) groups is 7. The fourth-order valence-corrected chi connectivity index (χ4v) is 14.8. The number of aliphatic hydroxyl groups excluding tert-OH is 1. The zero-order chi connectivity index (χ0) is 58.9. The maximum absolute atomic E-state index is 14.3. The van der Waals surface area contributed by atoms with E-state index in [0.29, 0.717) is 93.9 Å². The van der Waals surface area contributed by atoms with Crippen LogP contribution >= 0.6 is 68.0 Å². The number of thiazole rings is 6. The molecule has 432 valence electrons. The second kappa shape index (κ2) is 24.6. The molecular weight excluding hydrogens is 1200 g/mol. The summed E-state index contributed by atoms with van der Waals surface area (Å²) in [7, 11) is 1.47. The number of aliphatic hydroxyl groups is 1. The van der Waals surface area contributed by atoms with Gasteiger partial charge in [0.15, 0.2) is 6.04 Å². The number of hydrogen-bond donors (Lipinski definition) is 7. The van der Waals surface area contributed by atoms with E-state index in [1.54, 1.807) is 70.9 Å². The topological polar surface area (TPSA) is 341 Å². The number of benzene rings is 1. The number of nitrogens with two attached hydrogens (primary N) is 1. The number of ether oxygens (including phenoxy) is 1. The lowest BCUT2D eigenvalue weighted by Gasteiger charge is -2.23. The van der Waals surface area contributed by atoms with Gasteiger partial charge in [-0.15, -0.1) is 68.0 Å². The van der Waals surface area contributed by atoms with Gasteiger partial charge in [-0.25, -0.2) is 39.9 Å². The Kier molecular flexibility index (Phi) is 16.9. The number of aryl methyl sites for hydroxylation is 1. The molecule has 0 unspecified atom stereocenters. The van der Waals surface area contributed by atoms with Crippen molar-refractivity contribution in [1.29, 1.82) is 0 Å². The molecule has 8 aromatic rings. The number of aromatic nitrogens is 7. The number of primary amides is 1. The van der Waals surface area contributed by atoms with Crippen LogP contribution in [-0.4, -0.2) is 131 Å². The Balaban J connectivity index is 0.961. The molecule has 11 rings (SSSR count). The van der Waals surface area contributed by atoms with E-state index < -0.39 is 78.3 Å². The number of likely N-dealkylation sites (tertiary alicyclic amines) is 1. The van der Waals surface area contributed by atoms with Crippen LogP contribution in [0.15, 0.2) is 74.4 Å². The van der Waals surface area contributed by atoms with Crippen molar-refractivity contribution in [3.8, 4) is 43.4 Å². The maximum Gasteiger partial charge on any atom is 0.271 e. The van der Waals surface area contributed by atoms with E-state index in [2.05, 4.69) is 41.5 Å². The second-order valence-corrected chi connectivity index (χ2v) is 25.4. The molecule has 0 spiro atoms. The van der Waals surface area contributed by atoms with Gasteiger partial charge in [-0.1, -0.05) is 44.2 Å². The van der Waals surface area contributed by atoms with Crippen molar-refractivity contribution in [2.24, 2.45) is 16.6 Å². The first-order chi connectivity index (χ1) is 40.5. The highest BCUT2D eigenvalue weighted by Crippen LogP contribution is 2.40. The molecule has 0 radical (unpaired) electrons. The molecule has 10 heterocycles. The van der Waals surface area contributed by atoms with Crippen LogP contribution in [0.5, 0.6) is 0 Å². The largest absolute Gasteiger partial charge is 0.473 e. The summed E-state index contributed by atoms with van der Waals surface area (Å²) in [6, 6.07) is 8.04. The summed E-state index contributed by atoms with van der Waals surface area (Å²) in [5.74, 6) is -3.77. The highest BCUT2D eigenvalue weighted by molar-refractivity contribution is 7.15. The molecular formula is C54H51N15O9S6. The number of carbonyl (C=O) groups excluding carboxylic acids is 7. The minimum absolute atomic E-state index is 0.0214. The maximum atomic E-state index is 14.3. The molecule has 30 heteroatoms. The van der Waals surface area contributed by atoms with Gasteiger partial charge in [0.05, 0.1) is 30.7 Å². The first kappa shape index (κ1) is 57.7. The van der Waals surface area contributed by atoms with E-state index in [9.17, 15) is 38.7 Å². The van der Waals surface area contributed by atoms with Gasteiger partial charge in [-0.2, -0.15) is 0 Å². The van der Waals surface area contributed by atoms with Crippen molar-refractivity contribution in [2.75, 3.05) is 26.7 Å². The normalized spacial score (nSPS) is 19.8. The van der Waals surface area contributed by atoms with Crippen molar-refractivity contribution in [1.82, 2.24) is 66.4 Å². The van der Waals surface area contributed by atoms with Gasteiger partial charge in [-0.05, 0) is 43.4 Å². The number of nitrogens with zero attached hydrogens (tertiary/aromatic N) is 9. The minimum atomic E-state index is -1.26. The zero-order valence-electron chi connectivity index (χ0n) is 45.0. The van der Waals surface area contributed by atoms with Crippen LogP contribution in [0, 0.1) is 12.8 Å². The number of nitrogens with one attached hydrogen (secondary N) is 5. The van der Waals surface area contributed by atoms with Gasteiger partial charge in [0.1, 0.15) is 94.7 Å². The molecule has 1 aromatic carbocycles. The molecule has 7 amide bonds. The molecule has 1 saturated heterocycles. The van der Waals surface area contributed by atoms with E-state index in [4.69, 9.17) is 35.4 Å². The number of fused-ring (bicyclic) bond motifs is 14. The minimum Gasteiger partial charge on any atom is -0.473 e. The fourth-order valence-electron chi connectivity index (χ4n) is 9.47. The van der Waals surface area contributed by atoms with Crippen LogP contribution < -0.4 is 32.3 Å². The quantitative estimate of drug-likeness (QED) is 0.0899. The average Bonchev–Trinajstić information content (AvgIpc) is 3.02. The number of rotatable bonds is 9. The summed E-state index contributed by atoms with van der Waals surface area (Å²) in [6.07, 6.45) is -0.337. The summed E-state index contributed by atoms with van der Waals surface area (Å²) in [6.45, 7) is 5.36. The van der Waals surface area contributed by atoms with Crippen molar-refractivity contribution in [2.45, 2.75) is 76.3 Å². The fraction of sp³-hybridized carbons (Fsp3) is 0.315. The van der Waals surface area contributed by atoms with E-state index in [0.717, 1.165) is 22.7 Å². The highest BCUT2D eigenvalue weighted by atomic mass is 32.1. The molecule has 0 aliphatic carbocycles. The van der Waals surface area contributed by atoms with Crippen LogP contribution in [0.1, 0.15) is 120 Å². The molecule has 0 saturated carbocycles. The second-order valence-electron chi connectivity index (χ2n) is 19.8. The predicted molar refractivity (Wildman–Crippen MR) is 316 cm³/mol. The predicted octanol–water partition coefficient (Wildman–Crippen LogP) is 5.79. The van der Waals surface area contributed by atoms with Gasteiger partial charge in [0, 0.05) is 50.9 Å². The SMILES string of the molecule is CNC(=O)C[C@@H]1NC(=O)c2csc(n2)-c2ccc(-c3nc(C4=N[C@H](C(=O)N5CCC[C@H]5C(N)=O)CO4)cs3)nc2-c2csc(n2)-c2csc(n2)[C@@H]([C@H](O)c2ccccc2)NC(=O)CNC(=O)c2csc(n2)[C@@H](C(C)C)NC(=O)c2nc1sc2C. The molecule has 84 heavy (non-hydrogen) atoms. The van der Waals surface area contributed by atoms with Crippen LogP contribution in [0.2, 0.25) is 0 Å². The zero-order valence-corrected chi connectivity index (χ0v) is 49.9. The third-order valence-electron chi connectivity index (χ3n) is 13.8. The monoisotopic (exact) mass is 1250 g/mol. The van der Waals surface area contributed by atoms with Crippen LogP contribution in [0.25, 0.3) is 43.4 Å². The molecule has 3 aliphatic rings. The Bertz CT molecular complexity index is 3890. The van der Waals surface area contributed by atoms with E-state index in [1.165, 1.54) is 62.7 Å². The number of amides is 7. The Morgan fingerprint density at radius 1 is 0.726 bits per heavy atom. The van der Waals surface area contributed by atoms with Crippen LogP contribution in [0.4, 0.5) is 0 Å². The van der Waals surface area contributed by atoms with E-state index >= 15 is 0 Å². The molecule has 8 N–H and O–H groups in total. The van der Waals surface area contributed by atoms with Crippen molar-refractivity contribution in [3.63, 3.8) is 0 Å². The Labute approximate surface area is 502 Å². The third kappa shape index (κ3) is 12.1. The lowest BCUT2D eigenvalue weighted by atomic mass is 10.0. The average molecular weight is 1250 g/mol. The molecule has 3 aliphatic heterocycles. The smallest absolute Gasteiger partial charge is 0.271 e.